The molecule has 0 atom stereocenters. The standard InChI is InChI=1S/C17H22N2O/c1-4-7-20-16-9-15(11-19-12-16)17-8-14(10-18-3)6-5-13(17)2/h5-6,8-9,11-12,18H,4,7,10H2,1-3H3. The molecule has 2 aromatic rings. The highest BCUT2D eigenvalue weighted by Crippen LogP contribution is 2.26. The first-order valence-electron chi connectivity index (χ1n) is 7.07. The van der Waals surface area contributed by atoms with Crippen LogP contribution in [0.2, 0.25) is 0 Å². The van der Waals surface area contributed by atoms with Gasteiger partial charge in [-0.2, -0.15) is 0 Å². The third kappa shape index (κ3) is 3.58. The largest absolute Gasteiger partial charge is 0.492 e. The van der Waals surface area contributed by atoms with E-state index in [1.54, 1.807) is 6.20 Å². The van der Waals surface area contributed by atoms with Crippen molar-refractivity contribution in [2.24, 2.45) is 0 Å². The van der Waals surface area contributed by atoms with Crippen LogP contribution in [-0.4, -0.2) is 18.6 Å². The first-order valence-corrected chi connectivity index (χ1v) is 7.07. The number of nitrogens with zero attached hydrogens (tertiary/aromatic N) is 1. The minimum absolute atomic E-state index is 0.726. The molecule has 3 heteroatoms. The van der Waals surface area contributed by atoms with Crippen LogP contribution in [0.3, 0.4) is 0 Å². The van der Waals surface area contributed by atoms with Crippen molar-refractivity contribution in [3.8, 4) is 16.9 Å². The Kier molecular flexibility index (Phi) is 5.13. The summed E-state index contributed by atoms with van der Waals surface area (Å²) in [5, 5.41) is 3.18. The van der Waals surface area contributed by atoms with E-state index in [0.29, 0.717) is 0 Å². The Hall–Kier alpha value is -1.87. The highest BCUT2D eigenvalue weighted by Gasteiger charge is 2.05. The van der Waals surface area contributed by atoms with Crippen LogP contribution >= 0.6 is 0 Å². The smallest absolute Gasteiger partial charge is 0.138 e. The topological polar surface area (TPSA) is 34.1 Å². The van der Waals surface area contributed by atoms with Crippen LogP contribution in [0.4, 0.5) is 0 Å². The average molecular weight is 270 g/mol. The van der Waals surface area contributed by atoms with Crippen LogP contribution in [0.5, 0.6) is 5.75 Å². The second-order valence-corrected chi connectivity index (χ2v) is 4.94. The predicted octanol–water partition coefficient (Wildman–Crippen LogP) is 3.57. The number of hydrogen-bond acceptors (Lipinski definition) is 3. The fraction of sp³-hybridized carbons (Fsp3) is 0.353. The maximum absolute atomic E-state index is 5.66. The molecule has 3 nitrogen and oxygen atoms in total. The monoisotopic (exact) mass is 270 g/mol. The van der Waals surface area contributed by atoms with Gasteiger partial charge in [-0.3, -0.25) is 4.98 Å². The molecule has 1 aromatic heterocycles. The Balaban J connectivity index is 2.32. The van der Waals surface area contributed by atoms with Gasteiger partial charge in [-0.05, 0) is 49.2 Å². The first kappa shape index (κ1) is 14.5. The molecular formula is C17H22N2O. The van der Waals surface area contributed by atoms with Gasteiger partial charge in [0.05, 0.1) is 12.8 Å². The number of aryl methyl sites for hydroxylation is 1. The molecule has 1 N–H and O–H groups in total. The Labute approximate surface area is 121 Å². The number of aromatic nitrogens is 1. The summed E-state index contributed by atoms with van der Waals surface area (Å²) < 4.78 is 5.66. The molecule has 1 heterocycles. The van der Waals surface area contributed by atoms with E-state index in [1.807, 2.05) is 13.2 Å². The summed E-state index contributed by atoms with van der Waals surface area (Å²) >= 11 is 0. The zero-order valence-corrected chi connectivity index (χ0v) is 12.4. The van der Waals surface area contributed by atoms with Gasteiger partial charge in [0.2, 0.25) is 0 Å². The molecule has 106 valence electrons. The predicted molar refractivity (Wildman–Crippen MR) is 83.0 cm³/mol. The average Bonchev–Trinajstić information content (AvgIpc) is 2.47. The van der Waals surface area contributed by atoms with Crippen LogP contribution in [0.15, 0.2) is 36.7 Å². The molecule has 0 aliphatic rings. The van der Waals surface area contributed by atoms with Gasteiger partial charge in [-0.1, -0.05) is 19.1 Å². The third-order valence-electron chi connectivity index (χ3n) is 3.18. The van der Waals surface area contributed by atoms with Gasteiger partial charge in [0.1, 0.15) is 5.75 Å². The lowest BCUT2D eigenvalue weighted by atomic mass is 9.99. The summed E-state index contributed by atoms with van der Waals surface area (Å²) in [6.45, 7) is 5.82. The van der Waals surface area contributed by atoms with E-state index in [9.17, 15) is 0 Å². The third-order valence-corrected chi connectivity index (χ3v) is 3.18. The molecule has 0 amide bonds. The van der Waals surface area contributed by atoms with Gasteiger partial charge < -0.3 is 10.1 Å². The normalized spacial score (nSPS) is 10.6. The molecule has 0 bridgehead atoms. The van der Waals surface area contributed by atoms with E-state index < -0.39 is 0 Å². The lowest BCUT2D eigenvalue weighted by molar-refractivity contribution is 0.316. The van der Waals surface area contributed by atoms with Crippen molar-refractivity contribution >= 4 is 0 Å². The molecule has 20 heavy (non-hydrogen) atoms. The van der Waals surface area contributed by atoms with E-state index in [2.05, 4.69) is 48.4 Å². The molecule has 0 fully saturated rings. The molecule has 0 unspecified atom stereocenters. The summed E-state index contributed by atoms with van der Waals surface area (Å²) in [5.41, 5.74) is 4.84. The van der Waals surface area contributed by atoms with E-state index in [0.717, 1.165) is 30.9 Å². The first-order chi connectivity index (χ1) is 9.74. The highest BCUT2D eigenvalue weighted by molar-refractivity contribution is 5.68. The summed E-state index contributed by atoms with van der Waals surface area (Å²) in [6, 6.07) is 8.59. The Morgan fingerprint density at radius 1 is 1.20 bits per heavy atom. The van der Waals surface area contributed by atoms with Gasteiger partial charge in [0.15, 0.2) is 0 Å². The SMILES string of the molecule is CCCOc1cncc(-c2cc(CNC)ccc2C)c1. The quantitative estimate of drug-likeness (QED) is 0.871. The summed E-state index contributed by atoms with van der Waals surface area (Å²) in [4.78, 5) is 4.29. The minimum Gasteiger partial charge on any atom is -0.492 e. The fourth-order valence-corrected chi connectivity index (χ4v) is 2.16. The Morgan fingerprint density at radius 3 is 2.80 bits per heavy atom. The minimum atomic E-state index is 0.726. The van der Waals surface area contributed by atoms with Crippen LogP contribution in [0, 0.1) is 6.92 Å². The maximum atomic E-state index is 5.66. The van der Waals surface area contributed by atoms with E-state index >= 15 is 0 Å². The molecule has 1 aromatic carbocycles. The van der Waals surface area contributed by atoms with Gasteiger partial charge in [0, 0.05) is 18.3 Å². The molecule has 0 spiro atoms. The molecule has 0 aliphatic carbocycles. The molecule has 0 aliphatic heterocycles. The number of hydrogen-bond donors (Lipinski definition) is 1. The maximum Gasteiger partial charge on any atom is 0.138 e. The Bertz CT molecular complexity index is 567. The van der Waals surface area contributed by atoms with Crippen molar-refractivity contribution in [2.75, 3.05) is 13.7 Å². The number of ether oxygens (including phenoxy) is 1. The van der Waals surface area contributed by atoms with Crippen LogP contribution < -0.4 is 10.1 Å². The van der Waals surface area contributed by atoms with Gasteiger partial charge >= 0.3 is 0 Å². The second-order valence-electron chi connectivity index (χ2n) is 4.94. The van der Waals surface area contributed by atoms with Gasteiger partial charge in [0.25, 0.3) is 0 Å². The highest BCUT2D eigenvalue weighted by atomic mass is 16.5. The van der Waals surface area contributed by atoms with E-state index in [1.165, 1.54) is 16.7 Å². The van der Waals surface area contributed by atoms with Crippen molar-refractivity contribution in [1.29, 1.82) is 0 Å². The lowest BCUT2D eigenvalue weighted by Crippen LogP contribution is -2.05. The molecule has 0 saturated heterocycles. The zero-order valence-electron chi connectivity index (χ0n) is 12.4. The van der Waals surface area contributed by atoms with Crippen molar-refractivity contribution in [3.63, 3.8) is 0 Å². The van der Waals surface area contributed by atoms with Crippen molar-refractivity contribution in [2.45, 2.75) is 26.8 Å². The Morgan fingerprint density at radius 2 is 2.05 bits per heavy atom. The van der Waals surface area contributed by atoms with Crippen molar-refractivity contribution in [1.82, 2.24) is 10.3 Å². The molecule has 0 saturated carbocycles. The van der Waals surface area contributed by atoms with E-state index in [-0.39, 0.29) is 0 Å². The zero-order chi connectivity index (χ0) is 14.4. The van der Waals surface area contributed by atoms with Gasteiger partial charge in [-0.25, -0.2) is 0 Å². The summed E-state index contributed by atoms with van der Waals surface area (Å²) in [6.07, 6.45) is 4.66. The number of benzene rings is 1. The van der Waals surface area contributed by atoms with Crippen molar-refractivity contribution < 1.29 is 4.74 Å². The van der Waals surface area contributed by atoms with Crippen LogP contribution in [0.25, 0.3) is 11.1 Å². The van der Waals surface area contributed by atoms with Crippen molar-refractivity contribution in [3.05, 3.63) is 47.8 Å². The van der Waals surface area contributed by atoms with E-state index in [4.69, 9.17) is 4.74 Å². The molecule has 0 radical (unpaired) electrons. The summed E-state index contributed by atoms with van der Waals surface area (Å²) in [5.74, 6) is 0.836. The lowest BCUT2D eigenvalue weighted by Gasteiger charge is -2.11. The molecule has 2 rings (SSSR count). The van der Waals surface area contributed by atoms with Crippen LogP contribution in [-0.2, 0) is 6.54 Å². The number of pyridine rings is 1. The van der Waals surface area contributed by atoms with Crippen LogP contribution in [0.1, 0.15) is 24.5 Å². The second kappa shape index (κ2) is 7.06. The fourth-order valence-electron chi connectivity index (χ4n) is 2.16. The molecular weight excluding hydrogens is 248 g/mol. The van der Waals surface area contributed by atoms with Gasteiger partial charge in [-0.15, -0.1) is 0 Å². The summed E-state index contributed by atoms with van der Waals surface area (Å²) in [7, 11) is 1.96. The number of rotatable bonds is 6. The number of nitrogens with one attached hydrogen (secondary N) is 1.